The standard InChI is InChI=1S/C24H32O2/c1-4-6-12-24(26)15-11-20-19-8-7-17-16-18(25)9-14-23(17,5-2)21(19)10-13-22(20,24)3/h2,10,16,19-20,26H,4,6-9,11-15H2,1,3H3/t19-,20-,22-,23-,24-/m0/s1. The topological polar surface area (TPSA) is 37.3 Å². The molecule has 140 valence electrons. The Hall–Kier alpha value is -1.33. The second kappa shape index (κ2) is 6.10. The number of hydrogen-bond donors (Lipinski definition) is 1. The van der Waals surface area contributed by atoms with Gasteiger partial charge in [0, 0.05) is 11.8 Å². The van der Waals surface area contributed by atoms with E-state index in [9.17, 15) is 9.90 Å². The molecule has 0 radical (unpaired) electrons. The summed E-state index contributed by atoms with van der Waals surface area (Å²) in [6, 6.07) is 0. The Morgan fingerprint density at radius 3 is 2.85 bits per heavy atom. The lowest BCUT2D eigenvalue weighted by Crippen LogP contribution is -2.51. The molecule has 5 atom stereocenters. The maximum atomic E-state index is 12.0. The fraction of sp³-hybridized carbons (Fsp3) is 0.708. The van der Waals surface area contributed by atoms with Crippen LogP contribution in [0.2, 0.25) is 0 Å². The molecule has 4 aliphatic carbocycles. The number of terminal acetylenes is 1. The van der Waals surface area contributed by atoms with Gasteiger partial charge in [-0.25, -0.2) is 0 Å². The normalized spacial score (nSPS) is 44.3. The molecule has 4 aliphatic rings. The van der Waals surface area contributed by atoms with E-state index < -0.39 is 5.60 Å². The molecule has 0 amide bonds. The number of hydrogen-bond acceptors (Lipinski definition) is 2. The lowest BCUT2D eigenvalue weighted by atomic mass is 9.50. The average molecular weight is 353 g/mol. The first kappa shape index (κ1) is 18.1. The van der Waals surface area contributed by atoms with E-state index in [2.05, 4.69) is 25.8 Å². The van der Waals surface area contributed by atoms with Crippen LogP contribution in [0.15, 0.2) is 23.3 Å². The zero-order valence-corrected chi connectivity index (χ0v) is 16.3. The van der Waals surface area contributed by atoms with Crippen LogP contribution in [0.3, 0.4) is 0 Å². The molecule has 2 nitrogen and oxygen atoms in total. The van der Waals surface area contributed by atoms with Gasteiger partial charge in [-0.2, -0.15) is 0 Å². The molecular formula is C24H32O2. The number of rotatable bonds is 3. The third-order valence-electron chi connectivity index (χ3n) is 8.42. The molecule has 0 unspecified atom stereocenters. The van der Waals surface area contributed by atoms with Crippen molar-refractivity contribution in [1.29, 1.82) is 0 Å². The van der Waals surface area contributed by atoms with E-state index in [-0.39, 0.29) is 16.6 Å². The molecule has 0 aromatic rings. The summed E-state index contributed by atoms with van der Waals surface area (Å²) in [4.78, 5) is 12.0. The van der Waals surface area contributed by atoms with E-state index in [1.807, 2.05) is 6.08 Å². The maximum absolute atomic E-state index is 12.0. The van der Waals surface area contributed by atoms with E-state index in [0.717, 1.165) is 57.8 Å². The predicted molar refractivity (Wildman–Crippen MR) is 104 cm³/mol. The Labute approximate surface area is 158 Å². The number of ketones is 1. The third-order valence-corrected chi connectivity index (χ3v) is 8.42. The van der Waals surface area contributed by atoms with Crippen molar-refractivity contribution < 1.29 is 9.90 Å². The smallest absolute Gasteiger partial charge is 0.155 e. The SMILES string of the molecule is C#C[C@]12CCC(=O)C=C1CC[C@@H]1C2=CC[C@@]2(C)[C@H]1CC[C@@]2(O)CCCC. The lowest BCUT2D eigenvalue weighted by molar-refractivity contribution is -0.115. The van der Waals surface area contributed by atoms with Gasteiger partial charge in [-0.1, -0.05) is 38.7 Å². The molecule has 0 aromatic carbocycles. The van der Waals surface area contributed by atoms with Gasteiger partial charge in [0.15, 0.2) is 5.78 Å². The van der Waals surface area contributed by atoms with Crippen molar-refractivity contribution in [1.82, 2.24) is 0 Å². The van der Waals surface area contributed by atoms with E-state index >= 15 is 0 Å². The van der Waals surface area contributed by atoms with Crippen LogP contribution in [0.4, 0.5) is 0 Å². The maximum Gasteiger partial charge on any atom is 0.155 e. The van der Waals surface area contributed by atoms with Crippen molar-refractivity contribution in [3.63, 3.8) is 0 Å². The van der Waals surface area contributed by atoms with Gasteiger partial charge in [0.05, 0.1) is 11.0 Å². The van der Waals surface area contributed by atoms with Crippen LogP contribution in [0.1, 0.15) is 78.1 Å². The summed E-state index contributed by atoms with van der Waals surface area (Å²) in [6.07, 6.45) is 19.8. The molecule has 2 saturated carbocycles. The summed E-state index contributed by atoms with van der Waals surface area (Å²) in [6.45, 7) is 4.53. The highest BCUT2D eigenvalue weighted by Gasteiger charge is 2.61. The highest BCUT2D eigenvalue weighted by Crippen LogP contribution is 2.66. The van der Waals surface area contributed by atoms with Crippen molar-refractivity contribution in [2.45, 2.75) is 83.7 Å². The Morgan fingerprint density at radius 1 is 1.31 bits per heavy atom. The first-order valence-electron chi connectivity index (χ1n) is 10.5. The molecule has 4 rings (SSSR count). The van der Waals surface area contributed by atoms with Gasteiger partial charge in [-0.05, 0) is 74.0 Å². The highest BCUT2D eigenvalue weighted by molar-refractivity contribution is 5.92. The molecule has 26 heavy (non-hydrogen) atoms. The fourth-order valence-electron chi connectivity index (χ4n) is 6.78. The monoisotopic (exact) mass is 352 g/mol. The molecule has 0 spiro atoms. The summed E-state index contributed by atoms with van der Waals surface area (Å²) in [7, 11) is 0. The molecule has 0 heterocycles. The minimum absolute atomic E-state index is 0.0299. The summed E-state index contributed by atoms with van der Waals surface area (Å²) < 4.78 is 0. The summed E-state index contributed by atoms with van der Waals surface area (Å²) in [5.41, 5.74) is 1.71. The van der Waals surface area contributed by atoms with Crippen LogP contribution in [0.25, 0.3) is 0 Å². The summed E-state index contributed by atoms with van der Waals surface area (Å²) >= 11 is 0. The third kappa shape index (κ3) is 2.26. The van der Waals surface area contributed by atoms with Crippen molar-refractivity contribution >= 4 is 5.78 Å². The number of allylic oxidation sites excluding steroid dienone is 4. The fourth-order valence-corrected chi connectivity index (χ4v) is 6.78. The molecule has 0 aliphatic heterocycles. The minimum atomic E-state index is -0.530. The summed E-state index contributed by atoms with van der Waals surface area (Å²) in [5.74, 6) is 4.37. The lowest BCUT2D eigenvalue weighted by Gasteiger charge is -2.54. The Balaban J connectivity index is 1.73. The highest BCUT2D eigenvalue weighted by atomic mass is 16.3. The number of carbonyl (C=O) groups excluding carboxylic acids is 1. The number of fused-ring (bicyclic) bond motifs is 5. The van der Waals surface area contributed by atoms with Crippen LogP contribution in [0, 0.1) is 35.0 Å². The molecule has 2 heteroatoms. The average Bonchev–Trinajstić information content (AvgIpc) is 2.91. The first-order valence-corrected chi connectivity index (χ1v) is 10.5. The van der Waals surface area contributed by atoms with Crippen LogP contribution in [0.5, 0.6) is 0 Å². The number of aliphatic hydroxyl groups is 1. The van der Waals surface area contributed by atoms with Gasteiger partial charge in [0.25, 0.3) is 0 Å². The van der Waals surface area contributed by atoms with Gasteiger partial charge < -0.3 is 5.11 Å². The molecular weight excluding hydrogens is 320 g/mol. The Morgan fingerprint density at radius 2 is 2.12 bits per heavy atom. The van der Waals surface area contributed by atoms with E-state index in [1.54, 1.807) is 0 Å². The second-order valence-corrected chi connectivity index (χ2v) is 9.39. The molecule has 1 N–H and O–H groups in total. The van der Waals surface area contributed by atoms with Gasteiger partial charge >= 0.3 is 0 Å². The minimum Gasteiger partial charge on any atom is -0.389 e. The van der Waals surface area contributed by atoms with Crippen molar-refractivity contribution in [3.8, 4) is 12.3 Å². The van der Waals surface area contributed by atoms with Gasteiger partial charge in [-0.3, -0.25) is 4.79 Å². The zero-order chi connectivity index (χ0) is 18.6. The number of carbonyl (C=O) groups is 1. The molecule has 2 fully saturated rings. The predicted octanol–water partition coefficient (Wildman–Crippen LogP) is 4.97. The van der Waals surface area contributed by atoms with E-state index in [1.165, 1.54) is 11.1 Å². The Bertz CT molecular complexity index is 723. The molecule has 0 aromatic heterocycles. The van der Waals surface area contributed by atoms with Crippen LogP contribution in [-0.4, -0.2) is 16.5 Å². The van der Waals surface area contributed by atoms with Gasteiger partial charge in [0.2, 0.25) is 0 Å². The first-order chi connectivity index (χ1) is 12.4. The number of unbranched alkanes of at least 4 members (excludes halogenated alkanes) is 1. The largest absolute Gasteiger partial charge is 0.389 e. The molecule has 0 bridgehead atoms. The summed E-state index contributed by atoms with van der Waals surface area (Å²) in [5, 5.41) is 11.5. The quantitative estimate of drug-likeness (QED) is 0.575. The van der Waals surface area contributed by atoms with Crippen molar-refractivity contribution in [2.75, 3.05) is 0 Å². The second-order valence-electron chi connectivity index (χ2n) is 9.39. The Kier molecular flexibility index (Phi) is 4.23. The van der Waals surface area contributed by atoms with Crippen LogP contribution >= 0.6 is 0 Å². The van der Waals surface area contributed by atoms with Crippen molar-refractivity contribution in [3.05, 3.63) is 23.3 Å². The van der Waals surface area contributed by atoms with Crippen LogP contribution in [-0.2, 0) is 4.79 Å². The van der Waals surface area contributed by atoms with Gasteiger partial charge in [0.1, 0.15) is 0 Å². The van der Waals surface area contributed by atoms with Gasteiger partial charge in [-0.15, -0.1) is 6.42 Å². The zero-order valence-electron chi connectivity index (χ0n) is 16.3. The van der Waals surface area contributed by atoms with Crippen LogP contribution < -0.4 is 0 Å². The van der Waals surface area contributed by atoms with E-state index in [0.29, 0.717) is 18.3 Å². The van der Waals surface area contributed by atoms with Crippen molar-refractivity contribution in [2.24, 2.45) is 22.7 Å². The molecule has 0 saturated heterocycles. The van der Waals surface area contributed by atoms with E-state index in [4.69, 9.17) is 6.42 Å².